The summed E-state index contributed by atoms with van der Waals surface area (Å²) in [7, 11) is 1.73. The predicted molar refractivity (Wildman–Crippen MR) is 122 cm³/mol. The monoisotopic (exact) mass is 494 g/mol. The van der Waals surface area contributed by atoms with E-state index in [0.717, 1.165) is 36.8 Å². The van der Waals surface area contributed by atoms with Crippen LogP contribution in [0.25, 0.3) is 0 Å². The number of halogens is 1. The number of unbranched alkanes of at least 4 members (excludes halogenated alkanes) is 2. The van der Waals surface area contributed by atoms with Crippen molar-refractivity contribution in [1.29, 1.82) is 10.8 Å². The summed E-state index contributed by atoms with van der Waals surface area (Å²) < 4.78 is 14.9. The Kier molecular flexibility index (Phi) is 9.06. The third-order valence-electron chi connectivity index (χ3n) is 4.21. The topological polar surface area (TPSA) is 90.2 Å². The third-order valence-corrected chi connectivity index (χ3v) is 4.75. The molecule has 0 aliphatic carbocycles. The van der Waals surface area contributed by atoms with Gasteiger partial charge in [-0.15, -0.1) is 0 Å². The first-order chi connectivity index (χ1) is 13.6. The molecule has 2 rings (SSSR count). The first-order valence-electron chi connectivity index (χ1n) is 9.33. The van der Waals surface area contributed by atoms with E-state index < -0.39 is 6.29 Å². The lowest BCUT2D eigenvalue weighted by molar-refractivity contribution is -0.00237. The molecular formula is C21H27IN4O2. The van der Waals surface area contributed by atoms with Gasteiger partial charge in [-0.25, -0.2) is 0 Å². The molecule has 2 aromatic carbocycles. The highest BCUT2D eigenvalue weighted by molar-refractivity contribution is 14.1. The molecule has 0 aliphatic heterocycles. The van der Waals surface area contributed by atoms with E-state index in [1.165, 1.54) is 0 Å². The van der Waals surface area contributed by atoms with Gasteiger partial charge in [-0.05, 0) is 55.0 Å². The van der Waals surface area contributed by atoms with E-state index in [-0.39, 0.29) is 0 Å². The fourth-order valence-corrected chi connectivity index (χ4v) is 2.92. The van der Waals surface area contributed by atoms with Crippen LogP contribution in [0.4, 0.5) is 0 Å². The van der Waals surface area contributed by atoms with Crippen LogP contribution in [0.1, 0.15) is 43.7 Å². The summed E-state index contributed by atoms with van der Waals surface area (Å²) in [6, 6.07) is 14.8. The molecule has 0 radical (unpaired) electrons. The number of amidine groups is 2. The Morgan fingerprint density at radius 1 is 0.893 bits per heavy atom. The van der Waals surface area contributed by atoms with Crippen LogP contribution in [0.3, 0.4) is 0 Å². The fraction of sp³-hybridized carbons (Fsp3) is 0.333. The van der Waals surface area contributed by atoms with Crippen molar-refractivity contribution in [3.8, 4) is 11.5 Å². The first-order valence-corrected chi connectivity index (χ1v) is 10.4. The molecule has 2 aromatic rings. The number of rotatable bonds is 10. The lowest BCUT2D eigenvalue weighted by Gasteiger charge is -2.21. The summed E-state index contributed by atoms with van der Waals surface area (Å²) in [6.45, 7) is 2.17. The van der Waals surface area contributed by atoms with Crippen LogP contribution >= 0.6 is 22.9 Å². The molecule has 1 atom stereocenters. The fourth-order valence-electron chi connectivity index (χ4n) is 2.61. The second-order valence-corrected chi connectivity index (χ2v) is 6.84. The molecule has 0 heterocycles. The van der Waals surface area contributed by atoms with Crippen molar-refractivity contribution >= 4 is 34.5 Å². The van der Waals surface area contributed by atoms with Crippen molar-refractivity contribution in [3.63, 3.8) is 0 Å². The van der Waals surface area contributed by atoms with Gasteiger partial charge in [-0.1, -0.05) is 19.8 Å². The molecule has 6 nitrogen and oxygen atoms in total. The van der Waals surface area contributed by atoms with Crippen LogP contribution in [0, 0.1) is 10.8 Å². The second kappa shape index (κ2) is 11.5. The molecule has 0 amide bonds. The van der Waals surface area contributed by atoms with Gasteiger partial charge in [0, 0.05) is 24.6 Å². The van der Waals surface area contributed by atoms with Gasteiger partial charge in [0.2, 0.25) is 6.29 Å². The van der Waals surface area contributed by atoms with Crippen LogP contribution in [-0.2, 0) is 0 Å². The molecule has 7 heteroatoms. The Hall–Kier alpha value is -2.29. The molecule has 4 N–H and O–H groups in total. The van der Waals surface area contributed by atoms with E-state index in [1.807, 2.05) is 71.4 Å². The van der Waals surface area contributed by atoms with Crippen molar-refractivity contribution in [2.24, 2.45) is 0 Å². The number of nitrogens with one attached hydrogen (secondary N) is 4. The van der Waals surface area contributed by atoms with Crippen molar-refractivity contribution < 1.29 is 9.47 Å². The predicted octanol–water partition coefficient (Wildman–Crippen LogP) is 4.86. The number of hydrogen-bond acceptors (Lipinski definition) is 4. The Labute approximate surface area is 180 Å². The molecule has 0 fully saturated rings. The summed E-state index contributed by atoms with van der Waals surface area (Å²) in [5.74, 6) is 2.14. The van der Waals surface area contributed by atoms with Gasteiger partial charge in [0.15, 0.2) is 0 Å². The molecule has 0 saturated carbocycles. The summed E-state index contributed by atoms with van der Waals surface area (Å²) in [6.07, 6.45) is 3.67. The maximum atomic E-state index is 7.82. The van der Waals surface area contributed by atoms with Crippen molar-refractivity contribution in [2.45, 2.75) is 38.9 Å². The summed E-state index contributed by atoms with van der Waals surface area (Å²) in [4.78, 5) is 0. The van der Waals surface area contributed by atoms with Crippen LogP contribution in [0.5, 0.6) is 11.5 Å². The molecule has 0 aromatic heterocycles. The minimum Gasteiger partial charge on any atom is -0.455 e. The summed E-state index contributed by atoms with van der Waals surface area (Å²) in [5, 5.41) is 18.4. The van der Waals surface area contributed by atoms with Gasteiger partial charge in [0.1, 0.15) is 23.2 Å². The average molecular weight is 494 g/mol. The van der Waals surface area contributed by atoms with E-state index in [0.29, 0.717) is 23.2 Å². The maximum absolute atomic E-state index is 7.82. The smallest absolute Gasteiger partial charge is 0.241 e. The molecule has 0 bridgehead atoms. The standard InChI is InChI=1S/C21H27IN4O2/c1-3-4-5-6-19(27-17-11-7-15(8-12-17)20(23)25-2)28-18-13-9-16(10-14-18)21(24)26-22/h7-14,19H,3-6H2,1-2H3,(H2,23,25)(H2,24,26). The van der Waals surface area contributed by atoms with Crippen LogP contribution in [0.15, 0.2) is 48.5 Å². The molecule has 0 aliphatic rings. The Morgan fingerprint density at radius 3 is 1.82 bits per heavy atom. The summed E-state index contributed by atoms with van der Waals surface area (Å²) in [5.41, 5.74) is 1.60. The molecule has 1 unspecified atom stereocenters. The second-order valence-electron chi connectivity index (χ2n) is 6.30. The minimum absolute atomic E-state index is 0.357. The highest BCUT2D eigenvalue weighted by Crippen LogP contribution is 2.21. The van der Waals surface area contributed by atoms with Gasteiger partial charge in [-0.2, -0.15) is 0 Å². The largest absolute Gasteiger partial charge is 0.455 e. The van der Waals surface area contributed by atoms with E-state index in [4.69, 9.17) is 20.3 Å². The highest BCUT2D eigenvalue weighted by atomic mass is 127. The number of hydrogen-bond donors (Lipinski definition) is 4. The van der Waals surface area contributed by atoms with E-state index in [1.54, 1.807) is 7.05 Å². The number of ether oxygens (including phenoxy) is 2. The van der Waals surface area contributed by atoms with Crippen molar-refractivity contribution in [2.75, 3.05) is 7.05 Å². The lowest BCUT2D eigenvalue weighted by Crippen LogP contribution is -2.24. The highest BCUT2D eigenvalue weighted by Gasteiger charge is 2.13. The summed E-state index contributed by atoms with van der Waals surface area (Å²) >= 11 is 1.94. The quantitative estimate of drug-likeness (QED) is 0.0949. The van der Waals surface area contributed by atoms with Gasteiger partial charge in [0.25, 0.3) is 0 Å². The molecule has 28 heavy (non-hydrogen) atoms. The van der Waals surface area contributed by atoms with Gasteiger partial charge in [-0.3, -0.25) is 10.8 Å². The zero-order chi connectivity index (χ0) is 20.4. The normalized spacial score (nSPS) is 11.4. The Balaban J connectivity index is 2.06. The third kappa shape index (κ3) is 6.70. The Morgan fingerprint density at radius 2 is 1.39 bits per heavy atom. The molecule has 0 saturated heterocycles. The SMILES string of the molecule is CCCCCC(Oc1ccc(C(=N)NC)cc1)Oc1ccc(C(=N)NI)cc1. The van der Waals surface area contributed by atoms with Crippen molar-refractivity contribution in [3.05, 3.63) is 59.7 Å². The Bertz CT molecular complexity index is 701. The van der Waals surface area contributed by atoms with Crippen LogP contribution < -0.4 is 18.3 Å². The zero-order valence-corrected chi connectivity index (χ0v) is 18.4. The van der Waals surface area contributed by atoms with Gasteiger partial charge in [0.05, 0.1) is 22.9 Å². The van der Waals surface area contributed by atoms with E-state index >= 15 is 0 Å². The van der Waals surface area contributed by atoms with Crippen LogP contribution in [-0.4, -0.2) is 25.0 Å². The lowest BCUT2D eigenvalue weighted by atomic mass is 10.2. The molecule has 150 valence electrons. The minimum atomic E-state index is -0.394. The zero-order valence-electron chi connectivity index (χ0n) is 16.2. The van der Waals surface area contributed by atoms with E-state index in [9.17, 15) is 0 Å². The number of benzene rings is 2. The van der Waals surface area contributed by atoms with Gasteiger partial charge >= 0.3 is 0 Å². The van der Waals surface area contributed by atoms with Crippen molar-refractivity contribution in [1.82, 2.24) is 8.85 Å². The molecular weight excluding hydrogens is 467 g/mol. The van der Waals surface area contributed by atoms with Crippen LogP contribution in [0.2, 0.25) is 0 Å². The average Bonchev–Trinajstić information content (AvgIpc) is 2.73. The van der Waals surface area contributed by atoms with Gasteiger partial charge < -0.3 is 18.3 Å². The first kappa shape index (κ1) is 22.0. The van der Waals surface area contributed by atoms with E-state index in [2.05, 4.69) is 15.8 Å². The molecule has 0 spiro atoms. The maximum Gasteiger partial charge on any atom is 0.241 e.